The van der Waals surface area contributed by atoms with Crippen LogP contribution in [0.15, 0.2) is 41.8 Å². The molecule has 6 nitrogen and oxygen atoms in total. The number of aromatic amines is 1. The van der Waals surface area contributed by atoms with Crippen LogP contribution in [0.25, 0.3) is 10.7 Å². The SMILES string of the molecule is O=C(NCc1nc(-c2cccs2)n[nH]1)c1ccccc1N1CCCC(F)(F)C1. The Labute approximate surface area is 164 Å². The summed E-state index contributed by atoms with van der Waals surface area (Å²) in [7, 11) is 0. The zero-order valence-electron chi connectivity index (χ0n) is 15.0. The predicted octanol–water partition coefficient (Wildman–Crippen LogP) is 3.70. The highest BCUT2D eigenvalue weighted by atomic mass is 32.1. The standard InChI is InChI=1S/C19H19F2N5OS/c20-19(21)8-4-9-26(12-19)14-6-2-1-5-13(14)18(27)22-11-16-23-17(25-24-16)15-7-3-10-28-15/h1-3,5-7,10H,4,8-9,11-12H2,(H,22,27)(H,23,24,25). The van der Waals surface area contributed by atoms with E-state index in [0.717, 1.165) is 4.88 Å². The average molecular weight is 403 g/mol. The normalized spacial score (nSPS) is 16.1. The lowest BCUT2D eigenvalue weighted by molar-refractivity contribution is -0.0117. The number of thiophene rings is 1. The van der Waals surface area contributed by atoms with Gasteiger partial charge >= 0.3 is 0 Å². The summed E-state index contributed by atoms with van der Waals surface area (Å²) in [6.07, 6.45) is 0.280. The molecule has 9 heteroatoms. The van der Waals surface area contributed by atoms with E-state index in [4.69, 9.17) is 0 Å². The quantitative estimate of drug-likeness (QED) is 0.681. The van der Waals surface area contributed by atoms with Gasteiger partial charge in [0.05, 0.1) is 23.5 Å². The van der Waals surface area contributed by atoms with E-state index < -0.39 is 5.92 Å². The van der Waals surface area contributed by atoms with Crippen molar-refractivity contribution in [1.29, 1.82) is 0 Å². The maximum absolute atomic E-state index is 13.8. The third-order valence-corrected chi connectivity index (χ3v) is 5.44. The van der Waals surface area contributed by atoms with Crippen LogP contribution in [0.4, 0.5) is 14.5 Å². The minimum atomic E-state index is -2.74. The molecule has 1 aliphatic heterocycles. The van der Waals surface area contributed by atoms with Gasteiger partial charge in [0.25, 0.3) is 11.8 Å². The van der Waals surface area contributed by atoms with Crippen LogP contribution in [-0.4, -0.2) is 40.1 Å². The number of piperidine rings is 1. The van der Waals surface area contributed by atoms with E-state index in [1.807, 2.05) is 17.5 Å². The van der Waals surface area contributed by atoms with Crippen LogP contribution in [0.1, 0.15) is 29.0 Å². The number of halogens is 2. The first-order chi connectivity index (χ1) is 13.5. The van der Waals surface area contributed by atoms with Gasteiger partial charge in [-0.2, -0.15) is 5.10 Å². The summed E-state index contributed by atoms with van der Waals surface area (Å²) in [5, 5.41) is 11.7. The smallest absolute Gasteiger partial charge is 0.265 e. The highest BCUT2D eigenvalue weighted by Gasteiger charge is 2.36. The van der Waals surface area contributed by atoms with Gasteiger partial charge in [-0.05, 0) is 30.0 Å². The van der Waals surface area contributed by atoms with Crippen molar-refractivity contribution in [2.24, 2.45) is 0 Å². The van der Waals surface area contributed by atoms with Gasteiger partial charge in [-0.15, -0.1) is 11.3 Å². The monoisotopic (exact) mass is 403 g/mol. The molecule has 3 heterocycles. The molecule has 2 aromatic heterocycles. The number of benzene rings is 1. The van der Waals surface area contributed by atoms with Crippen molar-refractivity contribution in [3.05, 3.63) is 53.2 Å². The average Bonchev–Trinajstić information content (AvgIpc) is 3.37. The van der Waals surface area contributed by atoms with Gasteiger partial charge in [-0.1, -0.05) is 18.2 Å². The molecule has 0 unspecified atom stereocenters. The summed E-state index contributed by atoms with van der Waals surface area (Å²) in [5.41, 5.74) is 0.898. The minimum absolute atomic E-state index is 0.115. The minimum Gasteiger partial charge on any atom is -0.365 e. The van der Waals surface area contributed by atoms with Gasteiger partial charge in [-0.25, -0.2) is 13.8 Å². The fourth-order valence-electron chi connectivity index (χ4n) is 3.26. The second-order valence-corrected chi connectivity index (χ2v) is 7.61. The molecule has 1 fully saturated rings. The largest absolute Gasteiger partial charge is 0.365 e. The predicted molar refractivity (Wildman–Crippen MR) is 104 cm³/mol. The number of para-hydroxylation sites is 1. The number of hydrogen-bond acceptors (Lipinski definition) is 5. The van der Waals surface area contributed by atoms with E-state index in [2.05, 4.69) is 20.5 Å². The molecule has 28 heavy (non-hydrogen) atoms. The molecular formula is C19H19F2N5OS. The van der Waals surface area contributed by atoms with Crippen molar-refractivity contribution in [3.8, 4) is 10.7 Å². The third-order valence-electron chi connectivity index (χ3n) is 4.57. The summed E-state index contributed by atoms with van der Waals surface area (Å²) >= 11 is 1.53. The van der Waals surface area contributed by atoms with Gasteiger partial charge in [0.1, 0.15) is 5.82 Å². The van der Waals surface area contributed by atoms with Gasteiger partial charge in [-0.3, -0.25) is 9.89 Å². The lowest BCUT2D eigenvalue weighted by atomic mass is 10.0. The van der Waals surface area contributed by atoms with Crippen molar-refractivity contribution < 1.29 is 13.6 Å². The molecule has 3 aromatic rings. The molecule has 0 spiro atoms. The molecule has 146 valence electrons. The Morgan fingerprint density at radius 1 is 1.29 bits per heavy atom. The third kappa shape index (κ3) is 4.04. The summed E-state index contributed by atoms with van der Waals surface area (Å²) in [4.78, 5) is 19.6. The summed E-state index contributed by atoms with van der Waals surface area (Å²) in [6.45, 7) is 0.303. The number of H-pyrrole nitrogens is 1. The molecule has 4 rings (SSSR count). The number of hydrogen-bond donors (Lipinski definition) is 2. The first-order valence-corrected chi connectivity index (χ1v) is 9.85. The Morgan fingerprint density at radius 3 is 2.93 bits per heavy atom. The van der Waals surface area contributed by atoms with E-state index in [0.29, 0.717) is 35.9 Å². The molecule has 2 N–H and O–H groups in total. The number of carbonyl (C=O) groups excluding carboxylic acids is 1. The van der Waals surface area contributed by atoms with Crippen LogP contribution >= 0.6 is 11.3 Å². The molecule has 1 aromatic carbocycles. The Bertz CT molecular complexity index is 957. The Hall–Kier alpha value is -2.81. The van der Waals surface area contributed by atoms with Crippen molar-refractivity contribution in [2.45, 2.75) is 25.3 Å². The number of carbonyl (C=O) groups is 1. The van der Waals surface area contributed by atoms with E-state index >= 15 is 0 Å². The van der Waals surface area contributed by atoms with Gasteiger partial charge in [0.15, 0.2) is 5.82 Å². The van der Waals surface area contributed by atoms with E-state index in [1.165, 1.54) is 11.3 Å². The van der Waals surface area contributed by atoms with E-state index in [9.17, 15) is 13.6 Å². The molecule has 0 saturated carbocycles. The zero-order valence-corrected chi connectivity index (χ0v) is 15.8. The van der Waals surface area contributed by atoms with Crippen LogP contribution in [0.2, 0.25) is 0 Å². The van der Waals surface area contributed by atoms with Crippen LogP contribution in [0.5, 0.6) is 0 Å². The number of anilines is 1. The number of nitrogens with one attached hydrogen (secondary N) is 2. The van der Waals surface area contributed by atoms with Crippen LogP contribution in [0, 0.1) is 0 Å². The second kappa shape index (κ2) is 7.67. The van der Waals surface area contributed by atoms with Crippen LogP contribution in [-0.2, 0) is 6.54 Å². The maximum Gasteiger partial charge on any atom is 0.265 e. The Balaban J connectivity index is 1.45. The fourth-order valence-corrected chi connectivity index (χ4v) is 3.92. The number of rotatable bonds is 5. The highest BCUT2D eigenvalue weighted by molar-refractivity contribution is 7.13. The van der Waals surface area contributed by atoms with Gasteiger partial charge in [0.2, 0.25) is 0 Å². The molecule has 1 aliphatic rings. The lowest BCUT2D eigenvalue weighted by Gasteiger charge is -2.35. The Kier molecular flexibility index (Phi) is 5.08. The van der Waals surface area contributed by atoms with Crippen molar-refractivity contribution >= 4 is 22.9 Å². The van der Waals surface area contributed by atoms with Crippen molar-refractivity contribution in [2.75, 3.05) is 18.0 Å². The van der Waals surface area contributed by atoms with E-state index in [1.54, 1.807) is 29.2 Å². The van der Waals surface area contributed by atoms with Crippen LogP contribution < -0.4 is 10.2 Å². The zero-order chi connectivity index (χ0) is 19.6. The summed E-state index contributed by atoms with van der Waals surface area (Å²) < 4.78 is 27.6. The summed E-state index contributed by atoms with van der Waals surface area (Å²) in [6, 6.07) is 10.7. The second-order valence-electron chi connectivity index (χ2n) is 6.66. The van der Waals surface area contributed by atoms with Crippen molar-refractivity contribution in [1.82, 2.24) is 20.5 Å². The fraction of sp³-hybridized carbons (Fsp3) is 0.316. The molecule has 1 amide bonds. The molecule has 0 bridgehead atoms. The first-order valence-electron chi connectivity index (χ1n) is 8.97. The summed E-state index contributed by atoms with van der Waals surface area (Å²) in [5.74, 6) is -1.97. The highest BCUT2D eigenvalue weighted by Crippen LogP contribution is 2.31. The van der Waals surface area contributed by atoms with Crippen LogP contribution in [0.3, 0.4) is 0 Å². The number of aromatic nitrogens is 3. The Morgan fingerprint density at radius 2 is 2.14 bits per heavy atom. The van der Waals surface area contributed by atoms with Gasteiger partial charge < -0.3 is 10.2 Å². The molecule has 0 radical (unpaired) electrons. The molecule has 1 saturated heterocycles. The molecule has 0 aliphatic carbocycles. The van der Waals surface area contributed by atoms with Gasteiger partial charge in [0, 0.05) is 18.7 Å². The number of alkyl halides is 2. The van der Waals surface area contributed by atoms with E-state index in [-0.39, 0.29) is 25.4 Å². The van der Waals surface area contributed by atoms with Crippen molar-refractivity contribution in [3.63, 3.8) is 0 Å². The number of nitrogens with zero attached hydrogens (tertiary/aromatic N) is 3. The maximum atomic E-state index is 13.8. The first kappa shape index (κ1) is 18.5. The number of amides is 1. The molecule has 0 atom stereocenters. The molecular weight excluding hydrogens is 384 g/mol. The lowest BCUT2D eigenvalue weighted by Crippen LogP contribution is -2.43. The topological polar surface area (TPSA) is 73.9 Å².